The van der Waals surface area contributed by atoms with Crippen LogP contribution < -0.4 is 4.74 Å². The molecule has 2 nitrogen and oxygen atoms in total. The van der Waals surface area contributed by atoms with Gasteiger partial charge < -0.3 is 4.74 Å². The predicted molar refractivity (Wildman–Crippen MR) is 50.1 cm³/mol. The largest absolute Gasteiger partial charge is 0.481 e. The average Bonchev–Trinajstić information content (AvgIpc) is 2.44. The lowest BCUT2D eigenvalue weighted by molar-refractivity contribution is 0.0845. The first-order chi connectivity index (χ1) is 6.72. The van der Waals surface area contributed by atoms with Crippen LogP contribution in [0.1, 0.15) is 30.1 Å². The van der Waals surface area contributed by atoms with Gasteiger partial charge in [-0.25, -0.2) is 4.39 Å². The van der Waals surface area contributed by atoms with E-state index in [1.54, 1.807) is 0 Å². The molecule has 2 rings (SSSR count). The van der Waals surface area contributed by atoms with Crippen LogP contribution in [-0.4, -0.2) is 11.9 Å². The zero-order chi connectivity index (χ0) is 10.1. The highest BCUT2D eigenvalue weighted by molar-refractivity contribution is 6.04. The minimum absolute atomic E-state index is 0.0261. The summed E-state index contributed by atoms with van der Waals surface area (Å²) >= 11 is 0. The van der Waals surface area contributed by atoms with Crippen molar-refractivity contribution in [2.75, 3.05) is 0 Å². The normalized spacial score (nSPS) is 19.3. The Bertz CT molecular complexity index is 374. The molecule has 0 N–H and O–H groups in total. The lowest BCUT2D eigenvalue weighted by Gasteiger charge is -2.06. The maximum atomic E-state index is 12.8. The minimum atomic E-state index is -0.406. The highest BCUT2D eigenvalue weighted by atomic mass is 19.1. The van der Waals surface area contributed by atoms with Crippen LogP contribution in [0.2, 0.25) is 0 Å². The van der Waals surface area contributed by atoms with Crippen molar-refractivity contribution in [1.29, 1.82) is 0 Å². The summed E-state index contributed by atoms with van der Waals surface area (Å²) in [4.78, 5) is 11.7. The highest BCUT2D eigenvalue weighted by Gasteiger charge is 2.31. The smallest absolute Gasteiger partial charge is 0.207 e. The van der Waals surface area contributed by atoms with Crippen LogP contribution >= 0.6 is 0 Å². The molecule has 0 saturated heterocycles. The second kappa shape index (κ2) is 3.40. The number of carbonyl (C=O) groups is 1. The number of hydrogen-bond acceptors (Lipinski definition) is 2. The van der Waals surface area contributed by atoms with Crippen molar-refractivity contribution >= 4 is 5.78 Å². The molecule has 74 valence electrons. The molecule has 0 amide bonds. The minimum Gasteiger partial charge on any atom is -0.481 e. The Morgan fingerprint density at radius 2 is 2.29 bits per heavy atom. The van der Waals surface area contributed by atoms with E-state index in [0.29, 0.717) is 17.7 Å². The maximum Gasteiger partial charge on any atom is 0.207 e. The number of hydrogen-bond donors (Lipinski definition) is 0. The lowest BCUT2D eigenvalue weighted by Crippen LogP contribution is -2.19. The van der Waals surface area contributed by atoms with Gasteiger partial charge in [-0.05, 0) is 18.6 Å². The van der Waals surface area contributed by atoms with Crippen molar-refractivity contribution in [2.45, 2.75) is 25.9 Å². The fourth-order valence-electron chi connectivity index (χ4n) is 1.63. The van der Waals surface area contributed by atoms with Crippen LogP contribution in [0.4, 0.5) is 4.39 Å². The van der Waals surface area contributed by atoms with Crippen molar-refractivity contribution < 1.29 is 13.9 Å². The van der Waals surface area contributed by atoms with Gasteiger partial charge in [-0.1, -0.05) is 13.3 Å². The Balaban J connectivity index is 2.31. The van der Waals surface area contributed by atoms with E-state index in [1.165, 1.54) is 18.2 Å². The summed E-state index contributed by atoms with van der Waals surface area (Å²) in [6, 6.07) is 4.04. The van der Waals surface area contributed by atoms with Gasteiger partial charge in [0, 0.05) is 6.07 Å². The van der Waals surface area contributed by atoms with Crippen molar-refractivity contribution in [2.24, 2.45) is 0 Å². The second-order valence-corrected chi connectivity index (χ2v) is 3.40. The number of benzene rings is 1. The summed E-state index contributed by atoms with van der Waals surface area (Å²) in [5.74, 6) is -0.0102. The molecule has 0 radical (unpaired) electrons. The van der Waals surface area contributed by atoms with Gasteiger partial charge in [-0.3, -0.25) is 4.79 Å². The van der Waals surface area contributed by atoms with Crippen LogP contribution in [0, 0.1) is 5.82 Å². The predicted octanol–water partition coefficient (Wildman–Crippen LogP) is 2.57. The van der Waals surface area contributed by atoms with Crippen molar-refractivity contribution in [3.8, 4) is 5.75 Å². The summed E-state index contributed by atoms with van der Waals surface area (Å²) in [5.41, 5.74) is 0.504. The number of Topliss-reactive ketones (excluding diaryl/α,β-unsaturated/α-hetero) is 1. The fraction of sp³-hybridized carbons (Fsp3) is 0.364. The molecular formula is C11H11FO2. The van der Waals surface area contributed by atoms with E-state index in [2.05, 4.69) is 0 Å². The third-order valence-electron chi connectivity index (χ3n) is 2.32. The first-order valence-corrected chi connectivity index (χ1v) is 4.72. The van der Waals surface area contributed by atoms with E-state index in [-0.39, 0.29) is 11.6 Å². The molecule has 1 unspecified atom stereocenters. The molecule has 0 aromatic heterocycles. The molecule has 0 fully saturated rings. The van der Waals surface area contributed by atoms with Crippen LogP contribution in [0.5, 0.6) is 5.75 Å². The number of fused-ring (bicyclic) bond motifs is 1. The number of ether oxygens (including phenoxy) is 1. The van der Waals surface area contributed by atoms with Gasteiger partial charge in [0.25, 0.3) is 0 Å². The fourth-order valence-corrected chi connectivity index (χ4v) is 1.63. The lowest BCUT2D eigenvalue weighted by atomic mass is 10.1. The number of halogens is 1. The van der Waals surface area contributed by atoms with E-state index in [1.807, 2.05) is 6.92 Å². The van der Waals surface area contributed by atoms with Gasteiger partial charge in [0.1, 0.15) is 11.6 Å². The van der Waals surface area contributed by atoms with Crippen molar-refractivity contribution in [3.63, 3.8) is 0 Å². The first kappa shape index (κ1) is 9.19. The van der Waals surface area contributed by atoms with E-state index in [0.717, 1.165) is 6.42 Å². The van der Waals surface area contributed by atoms with Gasteiger partial charge >= 0.3 is 0 Å². The Hall–Kier alpha value is -1.38. The van der Waals surface area contributed by atoms with E-state index in [9.17, 15) is 9.18 Å². The SMILES string of the molecule is CCCC1Oc2cc(F)ccc2C1=O. The molecule has 1 heterocycles. The number of rotatable bonds is 2. The molecule has 1 aromatic rings. The van der Waals surface area contributed by atoms with E-state index >= 15 is 0 Å². The van der Waals surface area contributed by atoms with Gasteiger partial charge in [-0.15, -0.1) is 0 Å². The van der Waals surface area contributed by atoms with Crippen LogP contribution in [0.15, 0.2) is 18.2 Å². The molecule has 1 aliphatic heterocycles. The quantitative estimate of drug-likeness (QED) is 0.723. The first-order valence-electron chi connectivity index (χ1n) is 4.72. The van der Waals surface area contributed by atoms with E-state index < -0.39 is 6.10 Å². The molecule has 1 atom stereocenters. The van der Waals surface area contributed by atoms with Crippen LogP contribution in [-0.2, 0) is 0 Å². The zero-order valence-electron chi connectivity index (χ0n) is 7.92. The summed E-state index contributed by atoms with van der Waals surface area (Å²) < 4.78 is 18.2. The molecule has 1 aliphatic rings. The molecule has 0 aliphatic carbocycles. The Kier molecular flexibility index (Phi) is 2.23. The molecular weight excluding hydrogens is 183 g/mol. The molecule has 0 saturated carbocycles. The third-order valence-corrected chi connectivity index (χ3v) is 2.32. The van der Waals surface area contributed by atoms with Gasteiger partial charge in [0.05, 0.1) is 5.56 Å². The third kappa shape index (κ3) is 1.39. The standard InChI is InChI=1S/C11H11FO2/c1-2-3-9-11(13)8-5-4-7(12)6-10(8)14-9/h4-6,9H,2-3H2,1H3. The molecule has 14 heavy (non-hydrogen) atoms. The van der Waals surface area contributed by atoms with Crippen molar-refractivity contribution in [3.05, 3.63) is 29.6 Å². The zero-order valence-corrected chi connectivity index (χ0v) is 7.92. The summed E-state index contributed by atoms with van der Waals surface area (Å²) in [5, 5.41) is 0. The molecule has 3 heteroatoms. The molecule has 0 spiro atoms. The topological polar surface area (TPSA) is 26.3 Å². The van der Waals surface area contributed by atoms with Crippen molar-refractivity contribution in [1.82, 2.24) is 0 Å². The maximum absolute atomic E-state index is 12.8. The summed E-state index contributed by atoms with van der Waals surface area (Å²) in [6.45, 7) is 1.99. The molecule has 0 bridgehead atoms. The number of carbonyl (C=O) groups excluding carboxylic acids is 1. The van der Waals surface area contributed by atoms with Crippen LogP contribution in [0.25, 0.3) is 0 Å². The molecule has 1 aromatic carbocycles. The van der Waals surface area contributed by atoms with Gasteiger partial charge in [0.2, 0.25) is 5.78 Å². The number of ketones is 1. The monoisotopic (exact) mass is 194 g/mol. The van der Waals surface area contributed by atoms with Crippen LogP contribution in [0.3, 0.4) is 0 Å². The van der Waals surface area contributed by atoms with Gasteiger partial charge in [0.15, 0.2) is 6.10 Å². The summed E-state index contributed by atoms with van der Waals surface area (Å²) in [7, 11) is 0. The second-order valence-electron chi connectivity index (χ2n) is 3.40. The van der Waals surface area contributed by atoms with Gasteiger partial charge in [-0.2, -0.15) is 0 Å². The Morgan fingerprint density at radius 3 is 3.00 bits per heavy atom. The highest BCUT2D eigenvalue weighted by Crippen LogP contribution is 2.30. The summed E-state index contributed by atoms with van der Waals surface area (Å²) in [6.07, 6.45) is 1.17. The average molecular weight is 194 g/mol. The van der Waals surface area contributed by atoms with E-state index in [4.69, 9.17) is 4.74 Å². The Morgan fingerprint density at radius 1 is 1.50 bits per heavy atom. The Labute approximate surface area is 81.7 Å².